The highest BCUT2D eigenvalue weighted by Crippen LogP contribution is 2.20. The van der Waals surface area contributed by atoms with E-state index in [2.05, 4.69) is 10.3 Å². The third-order valence-electron chi connectivity index (χ3n) is 3.49. The van der Waals surface area contributed by atoms with Gasteiger partial charge in [-0.2, -0.15) is 0 Å². The number of aromatic nitrogens is 1. The van der Waals surface area contributed by atoms with Gasteiger partial charge < -0.3 is 15.4 Å². The normalized spacial score (nSPS) is 10.7. The number of hydrogen-bond acceptors (Lipinski definition) is 3. The Balaban J connectivity index is 1.89. The number of halogens is 1. The van der Waals surface area contributed by atoms with Crippen molar-refractivity contribution in [2.24, 2.45) is 0 Å². The van der Waals surface area contributed by atoms with Crippen LogP contribution in [0, 0.1) is 5.82 Å². The van der Waals surface area contributed by atoms with Crippen molar-refractivity contribution in [1.82, 2.24) is 10.3 Å². The summed E-state index contributed by atoms with van der Waals surface area (Å²) in [5.74, 6) is -1.98. The number of aromatic amines is 1. The van der Waals surface area contributed by atoms with Gasteiger partial charge in [-0.1, -0.05) is 24.3 Å². The summed E-state index contributed by atoms with van der Waals surface area (Å²) in [6.07, 6.45) is 0. The number of aromatic hydroxyl groups is 1. The number of carbonyl (C=O) groups excluding carboxylic acids is 1. The van der Waals surface area contributed by atoms with Crippen LogP contribution >= 0.6 is 0 Å². The maximum absolute atomic E-state index is 13.7. The number of H-pyrrole nitrogens is 1. The molecule has 0 aliphatic carbocycles. The Hall–Kier alpha value is -3.15. The molecule has 3 N–H and O–H groups in total. The lowest BCUT2D eigenvalue weighted by Gasteiger charge is -2.09. The summed E-state index contributed by atoms with van der Waals surface area (Å²) in [6.45, 7) is 0.0387. The van der Waals surface area contributed by atoms with Crippen LogP contribution in [0.5, 0.6) is 5.75 Å². The number of pyridine rings is 1. The van der Waals surface area contributed by atoms with E-state index in [4.69, 9.17) is 0 Å². The molecule has 0 aliphatic heterocycles. The van der Waals surface area contributed by atoms with Gasteiger partial charge in [0.2, 0.25) is 5.56 Å². The fraction of sp³-hybridized carbons (Fsp3) is 0.0588. The molecule has 0 radical (unpaired) electrons. The van der Waals surface area contributed by atoms with Gasteiger partial charge in [-0.15, -0.1) is 0 Å². The van der Waals surface area contributed by atoms with E-state index in [9.17, 15) is 19.1 Å². The number of nitrogens with one attached hydrogen (secondary N) is 2. The summed E-state index contributed by atoms with van der Waals surface area (Å²) in [5, 5.41) is 12.9. The Morgan fingerprint density at radius 3 is 2.74 bits per heavy atom. The molecule has 23 heavy (non-hydrogen) atoms. The van der Waals surface area contributed by atoms with Gasteiger partial charge in [-0.05, 0) is 23.8 Å². The molecule has 1 heterocycles. The number of rotatable bonds is 3. The molecule has 3 rings (SSSR count). The summed E-state index contributed by atoms with van der Waals surface area (Å²) in [7, 11) is 0. The number of amides is 1. The van der Waals surface area contributed by atoms with E-state index in [0.717, 1.165) is 11.5 Å². The van der Waals surface area contributed by atoms with Crippen molar-refractivity contribution < 1.29 is 14.3 Å². The first-order valence-electron chi connectivity index (χ1n) is 6.93. The SMILES string of the molecule is O=C(NCc1cc(=O)[nH]c2ccccc12)c1c(O)cccc1F. The van der Waals surface area contributed by atoms with Gasteiger partial charge in [0.25, 0.3) is 5.91 Å². The van der Waals surface area contributed by atoms with Gasteiger partial charge in [0, 0.05) is 23.5 Å². The zero-order valence-electron chi connectivity index (χ0n) is 12.0. The van der Waals surface area contributed by atoms with E-state index < -0.39 is 23.0 Å². The minimum absolute atomic E-state index is 0.0387. The summed E-state index contributed by atoms with van der Waals surface area (Å²) in [4.78, 5) is 26.4. The zero-order valence-corrected chi connectivity index (χ0v) is 12.0. The Bertz CT molecular complexity index is 930. The average molecular weight is 312 g/mol. The number of carbonyl (C=O) groups is 1. The van der Waals surface area contributed by atoms with Crippen LogP contribution in [-0.2, 0) is 6.54 Å². The predicted molar refractivity (Wildman–Crippen MR) is 83.8 cm³/mol. The quantitative estimate of drug-likeness (QED) is 0.694. The van der Waals surface area contributed by atoms with Crippen molar-refractivity contribution in [2.45, 2.75) is 6.54 Å². The van der Waals surface area contributed by atoms with Gasteiger partial charge in [-0.3, -0.25) is 9.59 Å². The number of benzene rings is 2. The molecule has 0 unspecified atom stereocenters. The van der Waals surface area contributed by atoms with Gasteiger partial charge in [0.05, 0.1) is 0 Å². The van der Waals surface area contributed by atoms with Crippen LogP contribution in [0.2, 0.25) is 0 Å². The monoisotopic (exact) mass is 312 g/mol. The van der Waals surface area contributed by atoms with E-state index in [1.165, 1.54) is 18.2 Å². The van der Waals surface area contributed by atoms with Crippen molar-refractivity contribution in [1.29, 1.82) is 0 Å². The van der Waals surface area contributed by atoms with Crippen molar-refractivity contribution >= 4 is 16.8 Å². The van der Waals surface area contributed by atoms with Gasteiger partial charge >= 0.3 is 0 Å². The van der Waals surface area contributed by atoms with Crippen molar-refractivity contribution in [3.8, 4) is 5.75 Å². The van der Waals surface area contributed by atoms with Crippen molar-refractivity contribution in [3.05, 3.63) is 75.8 Å². The second-order valence-electron chi connectivity index (χ2n) is 5.02. The summed E-state index contributed by atoms with van der Waals surface area (Å²) >= 11 is 0. The van der Waals surface area contributed by atoms with Crippen LogP contribution in [-0.4, -0.2) is 16.0 Å². The molecule has 6 heteroatoms. The van der Waals surface area contributed by atoms with E-state index in [1.54, 1.807) is 12.1 Å². The topological polar surface area (TPSA) is 82.2 Å². The second kappa shape index (κ2) is 5.92. The molecule has 2 aromatic carbocycles. The highest BCUT2D eigenvalue weighted by atomic mass is 19.1. The molecule has 5 nitrogen and oxygen atoms in total. The fourth-order valence-corrected chi connectivity index (χ4v) is 2.42. The van der Waals surface area contributed by atoms with Gasteiger partial charge in [0.1, 0.15) is 17.1 Å². The molecule has 0 saturated heterocycles. The molecular weight excluding hydrogens is 299 g/mol. The molecule has 1 amide bonds. The van der Waals surface area contributed by atoms with Crippen LogP contribution in [0.3, 0.4) is 0 Å². The zero-order chi connectivity index (χ0) is 16.4. The minimum atomic E-state index is -0.807. The number of para-hydroxylation sites is 1. The highest BCUT2D eigenvalue weighted by Gasteiger charge is 2.16. The Labute approximate surface area is 130 Å². The number of phenols is 1. The van der Waals surface area contributed by atoms with Crippen LogP contribution in [0.15, 0.2) is 53.3 Å². The molecule has 0 bridgehead atoms. The molecule has 0 saturated carbocycles. The van der Waals surface area contributed by atoms with Crippen LogP contribution in [0.25, 0.3) is 10.9 Å². The molecule has 116 valence electrons. The third-order valence-corrected chi connectivity index (χ3v) is 3.49. The first kappa shape index (κ1) is 14.8. The average Bonchev–Trinajstić information content (AvgIpc) is 2.52. The van der Waals surface area contributed by atoms with Crippen LogP contribution in [0.1, 0.15) is 15.9 Å². The summed E-state index contributed by atoms with van der Waals surface area (Å²) in [6, 6.07) is 12.2. The van der Waals surface area contributed by atoms with Gasteiger partial charge in [0.15, 0.2) is 0 Å². The molecule has 0 aliphatic rings. The Morgan fingerprint density at radius 2 is 1.96 bits per heavy atom. The fourth-order valence-electron chi connectivity index (χ4n) is 2.42. The van der Waals surface area contributed by atoms with Crippen LogP contribution in [0.4, 0.5) is 4.39 Å². The summed E-state index contributed by atoms with van der Waals surface area (Å²) in [5.41, 5.74) is 0.551. The van der Waals surface area contributed by atoms with E-state index in [-0.39, 0.29) is 12.1 Å². The van der Waals surface area contributed by atoms with Crippen LogP contribution < -0.4 is 10.9 Å². The molecule has 3 aromatic rings. The molecule has 0 atom stereocenters. The van der Waals surface area contributed by atoms with Gasteiger partial charge in [-0.25, -0.2) is 4.39 Å². The lowest BCUT2D eigenvalue weighted by atomic mass is 10.1. The molecule has 0 fully saturated rings. The van der Waals surface area contributed by atoms with E-state index in [0.29, 0.717) is 11.1 Å². The second-order valence-corrected chi connectivity index (χ2v) is 5.02. The largest absolute Gasteiger partial charge is 0.507 e. The standard InChI is InChI=1S/C17H13FN2O3/c18-12-5-3-7-14(21)16(12)17(23)19-9-10-8-15(22)20-13-6-2-1-4-11(10)13/h1-8,21H,9H2,(H,19,23)(H,20,22). The summed E-state index contributed by atoms with van der Waals surface area (Å²) < 4.78 is 13.7. The molecule has 1 aromatic heterocycles. The maximum atomic E-state index is 13.7. The first-order chi connectivity index (χ1) is 11.1. The number of phenolic OH excluding ortho intramolecular Hbond substituents is 1. The Morgan fingerprint density at radius 1 is 1.17 bits per heavy atom. The van der Waals surface area contributed by atoms with Crippen molar-refractivity contribution in [2.75, 3.05) is 0 Å². The predicted octanol–water partition coefficient (Wildman–Crippen LogP) is 2.30. The maximum Gasteiger partial charge on any atom is 0.258 e. The van der Waals surface area contributed by atoms with E-state index >= 15 is 0 Å². The highest BCUT2D eigenvalue weighted by molar-refractivity contribution is 5.97. The molecule has 0 spiro atoms. The Kier molecular flexibility index (Phi) is 3.80. The minimum Gasteiger partial charge on any atom is -0.507 e. The lowest BCUT2D eigenvalue weighted by Crippen LogP contribution is -2.25. The lowest BCUT2D eigenvalue weighted by molar-refractivity contribution is 0.0944. The number of fused-ring (bicyclic) bond motifs is 1. The molecular formula is C17H13FN2O3. The smallest absolute Gasteiger partial charge is 0.258 e. The number of hydrogen-bond donors (Lipinski definition) is 3. The van der Waals surface area contributed by atoms with Crippen molar-refractivity contribution in [3.63, 3.8) is 0 Å². The third kappa shape index (κ3) is 2.91. The first-order valence-corrected chi connectivity index (χ1v) is 6.93. The van der Waals surface area contributed by atoms with E-state index in [1.807, 2.05) is 12.1 Å².